The number of carbonyl (C=O) groups is 3. The van der Waals surface area contributed by atoms with Gasteiger partial charge in [-0.25, -0.2) is 4.79 Å². The van der Waals surface area contributed by atoms with Crippen molar-refractivity contribution < 1.29 is 33.7 Å². The summed E-state index contributed by atoms with van der Waals surface area (Å²) in [5, 5.41) is 11.4. The smallest absolute Gasteiger partial charge is 0.338 e. The van der Waals surface area contributed by atoms with E-state index in [0.717, 1.165) is 0 Å². The van der Waals surface area contributed by atoms with Crippen molar-refractivity contribution in [2.24, 2.45) is 0 Å². The second kappa shape index (κ2) is 10.9. The third-order valence-electron chi connectivity index (χ3n) is 5.91. The Balaban J connectivity index is 1.89. The molecule has 1 aliphatic heterocycles. The van der Waals surface area contributed by atoms with Gasteiger partial charge in [0.15, 0.2) is 0 Å². The first-order valence-electron chi connectivity index (χ1n) is 11.6. The molecule has 1 N–H and O–H groups in total. The second-order valence-corrected chi connectivity index (χ2v) is 8.21. The van der Waals surface area contributed by atoms with Crippen LogP contribution in [0.2, 0.25) is 0 Å². The van der Waals surface area contributed by atoms with E-state index in [4.69, 9.17) is 14.2 Å². The topological polar surface area (TPSA) is 115 Å². The number of esters is 1. The van der Waals surface area contributed by atoms with Crippen molar-refractivity contribution in [3.8, 4) is 11.5 Å². The summed E-state index contributed by atoms with van der Waals surface area (Å²) in [7, 11) is 2.92. The van der Waals surface area contributed by atoms with Crippen LogP contribution in [0.1, 0.15) is 40.9 Å². The summed E-state index contributed by atoms with van der Waals surface area (Å²) in [6, 6.07) is 13.3. The first-order valence-corrected chi connectivity index (χ1v) is 11.6. The average molecular weight is 503 g/mol. The van der Waals surface area contributed by atoms with Crippen molar-refractivity contribution in [2.45, 2.75) is 19.4 Å². The highest BCUT2D eigenvalue weighted by Gasteiger charge is 2.47. The van der Waals surface area contributed by atoms with E-state index in [-0.39, 0.29) is 29.1 Å². The van der Waals surface area contributed by atoms with Gasteiger partial charge >= 0.3 is 5.97 Å². The number of methoxy groups -OCH3 is 2. The minimum absolute atomic E-state index is 0.138. The molecule has 0 radical (unpaired) electrons. The fourth-order valence-electron chi connectivity index (χ4n) is 4.15. The van der Waals surface area contributed by atoms with Gasteiger partial charge in [0.25, 0.3) is 11.7 Å². The predicted molar refractivity (Wildman–Crippen MR) is 136 cm³/mol. The quantitative estimate of drug-likeness (QED) is 0.210. The largest absolute Gasteiger partial charge is 0.507 e. The highest BCUT2D eigenvalue weighted by atomic mass is 16.5. The Kier molecular flexibility index (Phi) is 7.52. The molecule has 1 saturated heterocycles. The molecule has 3 aromatic rings. The zero-order valence-electron chi connectivity index (χ0n) is 20.6. The van der Waals surface area contributed by atoms with Crippen molar-refractivity contribution >= 4 is 29.1 Å². The fourth-order valence-corrected chi connectivity index (χ4v) is 4.15. The number of aromatic nitrogens is 1. The number of ether oxygens (including phenoxy) is 3. The number of Topliss-reactive ketones (excluding diaryl/α,β-unsaturated/α-hetero) is 1. The molecule has 1 fully saturated rings. The highest BCUT2D eigenvalue weighted by molar-refractivity contribution is 6.51. The van der Waals surface area contributed by atoms with Crippen molar-refractivity contribution in [1.82, 2.24) is 4.98 Å². The Bertz CT molecular complexity index is 1370. The SMILES string of the molecule is CCCOC(=O)c1cccc(N2C(=O)C(=O)/C(=C(\O)c3ccc(OC)cc3OC)C2c2cccnc2)c1. The van der Waals surface area contributed by atoms with E-state index in [9.17, 15) is 19.5 Å². The molecule has 2 heterocycles. The molecule has 1 unspecified atom stereocenters. The second-order valence-electron chi connectivity index (χ2n) is 8.21. The molecule has 9 heteroatoms. The standard InChI is InChI=1S/C28H26N2O7/c1-4-13-37-28(34)17-7-5-9-19(14-17)30-24(18-8-6-12-29-16-18)23(26(32)27(30)33)25(31)21-11-10-20(35-2)15-22(21)36-3/h5-12,14-16,24,31H,4,13H2,1-3H3/b25-23-. The molecule has 0 saturated carbocycles. The Morgan fingerprint density at radius 1 is 1.05 bits per heavy atom. The molecule has 37 heavy (non-hydrogen) atoms. The maximum Gasteiger partial charge on any atom is 0.338 e. The number of aliphatic hydroxyl groups is 1. The maximum absolute atomic E-state index is 13.4. The molecule has 0 spiro atoms. The van der Waals surface area contributed by atoms with Gasteiger partial charge in [0.05, 0.1) is 43.6 Å². The molecule has 1 aromatic heterocycles. The first kappa shape index (κ1) is 25.4. The van der Waals surface area contributed by atoms with E-state index in [1.54, 1.807) is 54.7 Å². The van der Waals surface area contributed by atoms with Gasteiger partial charge < -0.3 is 19.3 Å². The van der Waals surface area contributed by atoms with Gasteiger partial charge in [0.2, 0.25) is 0 Å². The van der Waals surface area contributed by atoms with Crippen molar-refractivity contribution in [1.29, 1.82) is 0 Å². The van der Waals surface area contributed by atoms with Crippen molar-refractivity contribution in [2.75, 3.05) is 25.7 Å². The Morgan fingerprint density at radius 2 is 1.86 bits per heavy atom. The van der Waals surface area contributed by atoms with Crippen LogP contribution >= 0.6 is 0 Å². The number of nitrogens with zero attached hydrogens (tertiary/aromatic N) is 2. The molecular formula is C28H26N2O7. The minimum atomic E-state index is -1.01. The number of hydrogen-bond donors (Lipinski definition) is 1. The highest BCUT2D eigenvalue weighted by Crippen LogP contribution is 2.43. The van der Waals surface area contributed by atoms with Gasteiger partial charge in [-0.05, 0) is 48.4 Å². The summed E-state index contributed by atoms with van der Waals surface area (Å²) in [4.78, 5) is 44.6. The summed E-state index contributed by atoms with van der Waals surface area (Å²) in [6.07, 6.45) is 3.74. The first-order chi connectivity index (χ1) is 17.9. The van der Waals surface area contributed by atoms with Crippen LogP contribution < -0.4 is 14.4 Å². The van der Waals surface area contributed by atoms with Crippen molar-refractivity contribution in [3.63, 3.8) is 0 Å². The van der Waals surface area contributed by atoms with E-state index in [0.29, 0.717) is 23.4 Å². The molecule has 4 rings (SSSR count). The number of benzene rings is 2. The zero-order valence-corrected chi connectivity index (χ0v) is 20.6. The fraction of sp³-hybridized carbons (Fsp3) is 0.214. The molecule has 0 aliphatic carbocycles. The molecule has 0 bridgehead atoms. The Hall–Kier alpha value is -4.66. The number of anilines is 1. The molecule has 1 atom stereocenters. The molecule has 190 valence electrons. The van der Waals surface area contributed by atoms with Crippen LogP contribution in [0.4, 0.5) is 5.69 Å². The van der Waals surface area contributed by atoms with Crippen LogP contribution in [0.3, 0.4) is 0 Å². The van der Waals surface area contributed by atoms with E-state index < -0.39 is 29.5 Å². The lowest BCUT2D eigenvalue weighted by Gasteiger charge is -2.25. The van der Waals surface area contributed by atoms with Crippen LogP contribution in [0.5, 0.6) is 11.5 Å². The summed E-state index contributed by atoms with van der Waals surface area (Å²) >= 11 is 0. The van der Waals surface area contributed by atoms with E-state index in [1.165, 1.54) is 31.4 Å². The molecule has 1 amide bonds. The van der Waals surface area contributed by atoms with Gasteiger partial charge in [0.1, 0.15) is 17.3 Å². The number of amides is 1. The van der Waals surface area contributed by atoms with E-state index >= 15 is 0 Å². The molecule has 9 nitrogen and oxygen atoms in total. The van der Waals surface area contributed by atoms with Crippen LogP contribution in [-0.4, -0.2) is 48.6 Å². The van der Waals surface area contributed by atoms with Gasteiger partial charge in [-0.1, -0.05) is 19.1 Å². The predicted octanol–water partition coefficient (Wildman–Crippen LogP) is 4.29. The number of hydrogen-bond acceptors (Lipinski definition) is 8. The lowest BCUT2D eigenvalue weighted by atomic mass is 9.95. The van der Waals surface area contributed by atoms with Gasteiger partial charge in [-0.15, -0.1) is 0 Å². The average Bonchev–Trinajstić information content (AvgIpc) is 3.21. The maximum atomic E-state index is 13.4. The summed E-state index contributed by atoms with van der Waals surface area (Å²) in [5.74, 6) is -1.95. The van der Waals surface area contributed by atoms with Crippen LogP contribution in [-0.2, 0) is 14.3 Å². The number of aliphatic hydroxyl groups excluding tert-OH is 1. The zero-order chi connectivity index (χ0) is 26.5. The van der Waals surface area contributed by atoms with E-state index in [2.05, 4.69) is 4.98 Å². The van der Waals surface area contributed by atoms with Gasteiger partial charge in [-0.2, -0.15) is 0 Å². The summed E-state index contributed by atoms with van der Waals surface area (Å²) in [5.41, 5.74) is 1.10. The lowest BCUT2D eigenvalue weighted by Crippen LogP contribution is -2.29. The normalized spacial score (nSPS) is 16.5. The summed E-state index contributed by atoms with van der Waals surface area (Å²) in [6.45, 7) is 2.14. The number of rotatable bonds is 8. The number of ketones is 1. The third-order valence-corrected chi connectivity index (χ3v) is 5.91. The van der Waals surface area contributed by atoms with Gasteiger partial charge in [0, 0.05) is 24.1 Å². The van der Waals surface area contributed by atoms with Crippen LogP contribution in [0, 0.1) is 0 Å². The number of carbonyl (C=O) groups excluding carboxylic acids is 3. The molecule has 2 aromatic carbocycles. The third kappa shape index (κ3) is 4.88. The lowest BCUT2D eigenvalue weighted by molar-refractivity contribution is -0.132. The molecular weight excluding hydrogens is 476 g/mol. The van der Waals surface area contributed by atoms with Crippen LogP contribution in [0.15, 0.2) is 72.6 Å². The van der Waals surface area contributed by atoms with E-state index in [1.807, 2.05) is 6.92 Å². The Labute approximate surface area is 213 Å². The Morgan fingerprint density at radius 3 is 2.54 bits per heavy atom. The van der Waals surface area contributed by atoms with Gasteiger partial charge in [-0.3, -0.25) is 19.5 Å². The monoisotopic (exact) mass is 502 g/mol. The minimum Gasteiger partial charge on any atom is -0.507 e. The number of pyridine rings is 1. The van der Waals surface area contributed by atoms with Crippen LogP contribution in [0.25, 0.3) is 5.76 Å². The molecule has 1 aliphatic rings. The summed E-state index contributed by atoms with van der Waals surface area (Å²) < 4.78 is 15.9. The van der Waals surface area contributed by atoms with Crippen molar-refractivity contribution in [3.05, 3.63) is 89.3 Å².